The van der Waals surface area contributed by atoms with E-state index >= 15 is 0 Å². The van der Waals surface area contributed by atoms with Gasteiger partial charge in [-0.15, -0.1) is 0 Å². The highest BCUT2D eigenvalue weighted by atomic mass is 32.2. The molecule has 2 heterocycles. The molecule has 3 atom stereocenters. The third-order valence-corrected chi connectivity index (χ3v) is 8.92. The summed E-state index contributed by atoms with van der Waals surface area (Å²) in [5, 5.41) is 0. The summed E-state index contributed by atoms with van der Waals surface area (Å²) in [6, 6.07) is 0. The summed E-state index contributed by atoms with van der Waals surface area (Å²) in [7, 11) is -16.4. The van der Waals surface area contributed by atoms with Crippen LogP contribution in [0.15, 0.2) is 16.8 Å². The molecule has 1 aromatic heterocycles. The van der Waals surface area contributed by atoms with E-state index in [0.29, 0.717) is 24.1 Å². The molecule has 14 nitrogen and oxygen atoms in total. The second kappa shape index (κ2) is 9.86. The van der Waals surface area contributed by atoms with Crippen LogP contribution in [0.2, 0.25) is 0 Å². The summed E-state index contributed by atoms with van der Waals surface area (Å²) in [5.74, 6) is 1.62. The number of anilines is 1. The molecule has 0 amide bonds. The predicted octanol–water partition coefficient (Wildman–Crippen LogP) is -0.211. The fraction of sp³-hybridized carbons (Fsp3) is 0.500. The molecule has 170 valence electrons. The number of hydrogen-bond acceptors (Lipinski definition) is 11. The van der Waals surface area contributed by atoms with Crippen LogP contribution in [0, 0.1) is 6.92 Å². The van der Waals surface area contributed by atoms with Crippen LogP contribution in [-0.4, -0.2) is 37.1 Å². The van der Waals surface area contributed by atoms with Gasteiger partial charge in [0.2, 0.25) is 0 Å². The lowest BCUT2D eigenvalue weighted by atomic mass is 10.2. The van der Waals surface area contributed by atoms with Crippen molar-refractivity contribution >= 4 is 41.0 Å². The summed E-state index contributed by atoms with van der Waals surface area (Å²) in [4.78, 5) is 47.8. The molecular weight excluding hydrogens is 485 g/mol. The summed E-state index contributed by atoms with van der Waals surface area (Å²) in [5.41, 5.74) is 7.63. The molecule has 2 rings (SSSR count). The average molecular weight is 506 g/mol. The molecule has 6 N–H and O–H groups in total. The molecule has 3 unspecified atom stereocenters. The quantitative estimate of drug-likeness (QED) is 0.259. The number of nitrogen functional groups attached to an aromatic ring is 1. The van der Waals surface area contributed by atoms with Crippen LogP contribution in [0.3, 0.4) is 0 Å². The van der Waals surface area contributed by atoms with Crippen LogP contribution in [-0.2, 0) is 33.4 Å². The van der Waals surface area contributed by atoms with E-state index in [0.717, 1.165) is 21.1 Å². The van der Waals surface area contributed by atoms with Gasteiger partial charge in [-0.25, -0.2) is 27.7 Å². The number of phosphoric acid groups is 3. The zero-order chi connectivity index (χ0) is 22.7. The van der Waals surface area contributed by atoms with Gasteiger partial charge in [0.25, 0.3) is 7.82 Å². The highest BCUT2D eigenvalue weighted by Crippen LogP contribution is 2.64. The van der Waals surface area contributed by atoms with Gasteiger partial charge in [0.15, 0.2) is 0 Å². The van der Waals surface area contributed by atoms with E-state index in [-0.39, 0.29) is 13.0 Å². The lowest BCUT2D eigenvalue weighted by Crippen LogP contribution is -3.06. The van der Waals surface area contributed by atoms with Crippen LogP contribution in [0.5, 0.6) is 0 Å². The minimum absolute atomic E-state index is 0.177. The number of phosphoric ester groups is 1. The van der Waals surface area contributed by atoms with Gasteiger partial charge in [-0.2, -0.15) is 0 Å². The fourth-order valence-corrected chi connectivity index (χ4v) is 6.67. The Morgan fingerprint density at radius 2 is 1.93 bits per heavy atom. The molecule has 0 saturated heterocycles. The molecular formula is C12H21N4O10P3S. The number of aromatic nitrogens is 2. The molecule has 0 aromatic carbocycles. The normalized spacial score (nSPS) is 21.5. The van der Waals surface area contributed by atoms with E-state index in [1.165, 1.54) is 11.8 Å². The molecule has 1 aliphatic rings. The molecule has 0 fully saturated rings. The van der Waals surface area contributed by atoms with Gasteiger partial charge in [-0.1, -0.05) is 11.8 Å². The molecule has 1 aliphatic heterocycles. The molecule has 1 aromatic rings. The van der Waals surface area contributed by atoms with Crippen LogP contribution in [0.25, 0.3) is 0 Å². The molecule has 0 bridgehead atoms. The van der Waals surface area contributed by atoms with E-state index < -0.39 is 23.5 Å². The van der Waals surface area contributed by atoms with Crippen LogP contribution in [0.1, 0.15) is 24.7 Å². The monoisotopic (exact) mass is 506 g/mol. The number of aryl methyl sites for hydroxylation is 1. The maximum absolute atomic E-state index is 11.7. The number of nitrogens with two attached hydrogens (primary N) is 1. The van der Waals surface area contributed by atoms with Gasteiger partial charge in [0.1, 0.15) is 29.8 Å². The number of quaternary nitrogens is 1. The highest BCUT2D eigenvalue weighted by molar-refractivity contribution is 8.03. The molecule has 0 aliphatic carbocycles. The Labute approximate surface area is 175 Å². The lowest BCUT2D eigenvalue weighted by molar-refractivity contribution is -0.859. The van der Waals surface area contributed by atoms with Gasteiger partial charge in [-0.05, 0) is 6.92 Å². The predicted molar refractivity (Wildman–Crippen MR) is 103 cm³/mol. The molecule has 18 heteroatoms. The zero-order valence-corrected chi connectivity index (χ0v) is 19.3. The average Bonchev–Trinajstić information content (AvgIpc) is 2.87. The zero-order valence-electron chi connectivity index (χ0n) is 15.8. The van der Waals surface area contributed by atoms with Crippen molar-refractivity contribution in [1.29, 1.82) is 0 Å². The lowest BCUT2D eigenvalue weighted by Gasteiger charge is -2.24. The van der Waals surface area contributed by atoms with E-state index in [2.05, 4.69) is 23.1 Å². The topological polar surface area (TPSA) is 219 Å². The van der Waals surface area contributed by atoms with E-state index in [9.17, 15) is 23.5 Å². The van der Waals surface area contributed by atoms with Gasteiger partial charge < -0.3 is 25.3 Å². The molecule has 0 saturated carbocycles. The Hall–Kier alpha value is -0.660. The SMILES string of the molecule is CC1=C(CCOP(=O)(O)OP(=O)([O-])OP(=O)(O)O)SC[NH+]1Cc1cnc(C)nc1N. The summed E-state index contributed by atoms with van der Waals surface area (Å²) >= 11 is 1.48. The van der Waals surface area contributed by atoms with Gasteiger partial charge in [0, 0.05) is 24.4 Å². The van der Waals surface area contributed by atoms with E-state index in [1.54, 1.807) is 13.1 Å². The van der Waals surface area contributed by atoms with Crippen LogP contribution < -0.4 is 15.5 Å². The second-order valence-electron chi connectivity index (χ2n) is 6.10. The van der Waals surface area contributed by atoms with Crippen molar-refractivity contribution in [2.24, 2.45) is 0 Å². The first-order valence-electron chi connectivity index (χ1n) is 8.20. The fourth-order valence-electron chi connectivity index (χ4n) is 2.46. The third kappa shape index (κ3) is 8.12. The number of hydrogen-bond donors (Lipinski definition) is 5. The minimum atomic E-state index is -5.77. The third-order valence-electron chi connectivity index (χ3n) is 3.78. The van der Waals surface area contributed by atoms with Crippen molar-refractivity contribution in [3.05, 3.63) is 28.2 Å². The summed E-state index contributed by atoms with van der Waals surface area (Å²) in [6.07, 6.45) is 1.83. The van der Waals surface area contributed by atoms with Crippen molar-refractivity contribution in [2.45, 2.75) is 26.8 Å². The van der Waals surface area contributed by atoms with Crippen molar-refractivity contribution in [2.75, 3.05) is 18.2 Å². The first-order valence-corrected chi connectivity index (χ1v) is 13.7. The van der Waals surface area contributed by atoms with Gasteiger partial charge in [-0.3, -0.25) is 14.0 Å². The highest BCUT2D eigenvalue weighted by Gasteiger charge is 2.34. The maximum Gasteiger partial charge on any atom is 0.478 e. The largest absolute Gasteiger partial charge is 0.756 e. The van der Waals surface area contributed by atoms with E-state index in [1.807, 2.05) is 6.92 Å². The smallest absolute Gasteiger partial charge is 0.478 e. The Kier molecular flexibility index (Phi) is 8.42. The molecule has 0 spiro atoms. The number of rotatable bonds is 10. The van der Waals surface area contributed by atoms with Crippen molar-refractivity contribution < 1.29 is 51.3 Å². The number of nitrogens with zero attached hydrogens (tertiary/aromatic N) is 2. The maximum atomic E-state index is 11.7. The van der Waals surface area contributed by atoms with Crippen molar-refractivity contribution in [3.63, 3.8) is 0 Å². The Morgan fingerprint density at radius 1 is 1.27 bits per heavy atom. The first kappa shape index (κ1) is 25.6. The Balaban J connectivity index is 1.91. The Morgan fingerprint density at radius 3 is 2.53 bits per heavy atom. The second-order valence-corrected chi connectivity index (χ2v) is 11.5. The molecule has 30 heavy (non-hydrogen) atoms. The minimum Gasteiger partial charge on any atom is -0.756 e. The number of nitrogens with one attached hydrogen (secondary N) is 1. The van der Waals surface area contributed by atoms with Gasteiger partial charge >= 0.3 is 15.6 Å². The Bertz CT molecular complexity index is 970. The van der Waals surface area contributed by atoms with Crippen molar-refractivity contribution in [1.82, 2.24) is 9.97 Å². The number of allylic oxidation sites excluding steroid dienone is 1. The van der Waals surface area contributed by atoms with Gasteiger partial charge in [0.05, 0.1) is 12.2 Å². The summed E-state index contributed by atoms with van der Waals surface area (Å²) < 4.78 is 45.1. The molecule has 0 radical (unpaired) electrons. The summed E-state index contributed by atoms with van der Waals surface area (Å²) in [6.45, 7) is 3.75. The van der Waals surface area contributed by atoms with Crippen LogP contribution in [0.4, 0.5) is 5.82 Å². The van der Waals surface area contributed by atoms with Crippen molar-refractivity contribution in [3.8, 4) is 0 Å². The van der Waals surface area contributed by atoms with E-state index in [4.69, 9.17) is 15.5 Å². The first-order chi connectivity index (χ1) is 13.7. The standard InChI is InChI=1S/C12H21N4O10P3S/c1-8-11(30-7-16(8)6-10-5-14-9(2)15-12(10)13)3-4-24-28(20,21)26-29(22,23)25-27(17,18)19/h5H,3-4,6-7H2,1-2H3,(H,20,21)(H,22,23)(H2,13,14,15)(H2,17,18,19). The number of thioether (sulfide) groups is 1. The van der Waals surface area contributed by atoms with Crippen LogP contribution >= 0.6 is 35.2 Å².